The van der Waals surface area contributed by atoms with Crippen LogP contribution in [0.1, 0.15) is 25.7 Å². The molecule has 1 heterocycles. The summed E-state index contributed by atoms with van der Waals surface area (Å²) in [5.41, 5.74) is 7.07. The van der Waals surface area contributed by atoms with Crippen molar-refractivity contribution in [1.82, 2.24) is 4.57 Å². The van der Waals surface area contributed by atoms with Crippen LogP contribution in [0.4, 0.5) is 5.69 Å². The van der Waals surface area contributed by atoms with Crippen LogP contribution >= 0.6 is 23.2 Å². The van der Waals surface area contributed by atoms with Crippen molar-refractivity contribution in [1.29, 1.82) is 0 Å². The van der Waals surface area contributed by atoms with Crippen LogP contribution in [-0.4, -0.2) is 4.57 Å². The van der Waals surface area contributed by atoms with Gasteiger partial charge in [-0.3, -0.25) is 9.36 Å². The van der Waals surface area contributed by atoms with Crippen LogP contribution < -0.4 is 16.0 Å². The molecule has 0 atom stereocenters. The van der Waals surface area contributed by atoms with Gasteiger partial charge in [0.25, 0.3) is 5.56 Å². The van der Waals surface area contributed by atoms with Crippen molar-refractivity contribution >= 4 is 34.6 Å². The maximum absolute atomic E-state index is 12.1. The van der Waals surface area contributed by atoms with Crippen molar-refractivity contribution in [2.75, 3.05) is 5.73 Å². The molecule has 1 aromatic carbocycles. The lowest BCUT2D eigenvalue weighted by molar-refractivity contribution is 0.478. The number of ether oxygens (including phenoxy) is 1. The topological polar surface area (TPSA) is 57.2 Å². The van der Waals surface area contributed by atoms with Crippen LogP contribution in [0.15, 0.2) is 41.3 Å². The molecule has 23 heavy (non-hydrogen) atoms. The summed E-state index contributed by atoms with van der Waals surface area (Å²) in [6, 6.07) is 6.22. The Morgan fingerprint density at radius 2 is 1.87 bits per heavy atom. The third kappa shape index (κ3) is 3.54. The fraction of sp³-hybridized carbons (Fsp3) is 0.235. The van der Waals surface area contributed by atoms with Crippen molar-refractivity contribution in [3.05, 3.63) is 56.9 Å². The highest BCUT2D eigenvalue weighted by Crippen LogP contribution is 2.38. The molecular weight excluding hydrogens is 335 g/mol. The van der Waals surface area contributed by atoms with E-state index in [1.54, 1.807) is 29.0 Å². The molecule has 1 aliphatic rings. The van der Waals surface area contributed by atoms with Crippen molar-refractivity contribution in [3.8, 4) is 11.5 Å². The van der Waals surface area contributed by atoms with Gasteiger partial charge in [-0.05, 0) is 43.9 Å². The Kier molecular flexibility index (Phi) is 4.64. The summed E-state index contributed by atoms with van der Waals surface area (Å²) in [5.74, 6) is 0.815. The van der Waals surface area contributed by atoms with Gasteiger partial charge >= 0.3 is 0 Å². The Morgan fingerprint density at radius 3 is 2.52 bits per heavy atom. The zero-order chi connectivity index (χ0) is 16.4. The van der Waals surface area contributed by atoms with E-state index in [1.807, 2.05) is 0 Å². The quantitative estimate of drug-likeness (QED) is 0.797. The molecule has 0 unspecified atom stereocenters. The van der Waals surface area contributed by atoms with Crippen LogP contribution in [0, 0.1) is 0 Å². The van der Waals surface area contributed by atoms with Gasteiger partial charge in [-0.1, -0.05) is 29.3 Å². The number of benzene rings is 1. The number of nitrogen functional groups attached to an aromatic ring is 1. The molecule has 0 fully saturated rings. The first kappa shape index (κ1) is 16.0. The van der Waals surface area contributed by atoms with Gasteiger partial charge in [-0.2, -0.15) is 0 Å². The van der Waals surface area contributed by atoms with Gasteiger partial charge in [0.1, 0.15) is 5.75 Å². The molecule has 0 bridgehead atoms. The Bertz CT molecular complexity index is 805. The minimum Gasteiger partial charge on any atom is -0.453 e. The molecule has 4 nitrogen and oxygen atoms in total. The summed E-state index contributed by atoms with van der Waals surface area (Å²) in [7, 11) is 0. The van der Waals surface area contributed by atoms with E-state index >= 15 is 0 Å². The van der Waals surface area contributed by atoms with E-state index < -0.39 is 0 Å². The normalized spacial score (nSPS) is 14.4. The Morgan fingerprint density at radius 1 is 1.13 bits per heavy atom. The van der Waals surface area contributed by atoms with Gasteiger partial charge in [0.2, 0.25) is 0 Å². The number of hydrogen-bond donors (Lipinski definition) is 1. The molecule has 0 saturated heterocycles. The predicted molar refractivity (Wildman–Crippen MR) is 94.4 cm³/mol. The third-order valence-corrected chi connectivity index (χ3v) is 4.26. The van der Waals surface area contributed by atoms with Crippen LogP contribution in [0.3, 0.4) is 0 Å². The second kappa shape index (κ2) is 6.69. The number of nitrogens with two attached hydrogens (primary N) is 1. The van der Waals surface area contributed by atoms with Crippen molar-refractivity contribution in [3.63, 3.8) is 0 Å². The standard InChI is InChI=1S/C17H16Cl2N2O2/c18-14-8-11(20)9-15(19)17(14)23-13-6-7-16(22)21(10-13)12-4-2-1-3-5-12/h4,6-10H,1-3,5,20H2. The van der Waals surface area contributed by atoms with E-state index in [1.165, 1.54) is 6.07 Å². The van der Waals surface area contributed by atoms with Crippen LogP contribution in [-0.2, 0) is 0 Å². The molecule has 0 saturated carbocycles. The summed E-state index contributed by atoms with van der Waals surface area (Å²) in [6.45, 7) is 0. The average molecular weight is 351 g/mol. The molecule has 0 spiro atoms. The Hall–Kier alpha value is -1.91. The maximum atomic E-state index is 12.1. The number of allylic oxidation sites excluding steroid dienone is 2. The van der Waals surface area contributed by atoms with Gasteiger partial charge in [0, 0.05) is 17.5 Å². The molecule has 2 aromatic rings. The van der Waals surface area contributed by atoms with Crippen LogP contribution in [0.5, 0.6) is 11.5 Å². The van der Waals surface area contributed by atoms with E-state index in [2.05, 4.69) is 6.08 Å². The van der Waals surface area contributed by atoms with E-state index in [0.717, 1.165) is 31.4 Å². The maximum Gasteiger partial charge on any atom is 0.255 e. The molecule has 1 aromatic heterocycles. The lowest BCUT2D eigenvalue weighted by Crippen LogP contribution is -2.18. The molecular formula is C17H16Cl2N2O2. The van der Waals surface area contributed by atoms with Crippen molar-refractivity contribution in [2.24, 2.45) is 0 Å². The predicted octanol–water partition coefficient (Wildman–Crippen LogP) is 4.94. The number of halogens is 2. The highest BCUT2D eigenvalue weighted by atomic mass is 35.5. The average Bonchev–Trinajstić information content (AvgIpc) is 2.53. The molecule has 120 valence electrons. The van der Waals surface area contributed by atoms with Crippen molar-refractivity contribution < 1.29 is 4.74 Å². The molecule has 2 N–H and O–H groups in total. The fourth-order valence-electron chi connectivity index (χ4n) is 2.59. The largest absolute Gasteiger partial charge is 0.453 e. The molecule has 1 aliphatic carbocycles. The van der Waals surface area contributed by atoms with E-state index in [9.17, 15) is 4.79 Å². The number of pyridine rings is 1. The second-order valence-corrected chi connectivity index (χ2v) is 6.24. The summed E-state index contributed by atoms with van der Waals surface area (Å²) >= 11 is 12.3. The number of nitrogens with zero attached hydrogens (tertiary/aromatic N) is 1. The third-order valence-electron chi connectivity index (χ3n) is 3.70. The highest BCUT2D eigenvalue weighted by Gasteiger charge is 2.12. The zero-order valence-electron chi connectivity index (χ0n) is 12.4. The van der Waals surface area contributed by atoms with Crippen molar-refractivity contribution in [2.45, 2.75) is 25.7 Å². The molecule has 0 amide bonds. The Labute approximate surface area is 144 Å². The summed E-state index contributed by atoms with van der Waals surface area (Å²) in [6.07, 6.45) is 7.87. The molecule has 0 aliphatic heterocycles. The van der Waals surface area contributed by atoms with Crippen LogP contribution in [0.25, 0.3) is 5.70 Å². The van der Waals surface area contributed by atoms with Gasteiger partial charge < -0.3 is 10.5 Å². The van der Waals surface area contributed by atoms with E-state index in [0.29, 0.717) is 27.2 Å². The van der Waals surface area contributed by atoms with Gasteiger partial charge in [-0.25, -0.2) is 0 Å². The van der Waals surface area contributed by atoms with E-state index in [4.69, 9.17) is 33.7 Å². The Balaban J connectivity index is 1.96. The minimum absolute atomic E-state index is 0.0833. The molecule has 6 heteroatoms. The summed E-state index contributed by atoms with van der Waals surface area (Å²) < 4.78 is 7.39. The van der Waals surface area contributed by atoms with Gasteiger partial charge in [-0.15, -0.1) is 0 Å². The monoisotopic (exact) mass is 350 g/mol. The number of hydrogen-bond acceptors (Lipinski definition) is 3. The first-order valence-electron chi connectivity index (χ1n) is 7.39. The second-order valence-electron chi connectivity index (χ2n) is 5.43. The smallest absolute Gasteiger partial charge is 0.255 e. The lowest BCUT2D eigenvalue weighted by atomic mass is 10.0. The SMILES string of the molecule is Nc1cc(Cl)c(Oc2ccc(=O)n(C3=CCCCC3)c2)c(Cl)c1. The first-order chi connectivity index (χ1) is 11.0. The minimum atomic E-state index is -0.0833. The van der Waals surface area contributed by atoms with Crippen LogP contribution in [0.2, 0.25) is 10.0 Å². The highest BCUT2D eigenvalue weighted by molar-refractivity contribution is 6.37. The molecule has 0 radical (unpaired) electrons. The van der Waals surface area contributed by atoms with E-state index in [-0.39, 0.29) is 5.56 Å². The number of anilines is 1. The zero-order valence-corrected chi connectivity index (χ0v) is 13.9. The van der Waals surface area contributed by atoms with Gasteiger partial charge in [0.05, 0.1) is 16.2 Å². The lowest BCUT2D eigenvalue weighted by Gasteiger charge is -2.16. The first-order valence-corrected chi connectivity index (χ1v) is 8.14. The number of rotatable bonds is 3. The fourth-order valence-corrected chi connectivity index (χ4v) is 3.17. The number of aromatic nitrogens is 1. The summed E-state index contributed by atoms with van der Waals surface area (Å²) in [4.78, 5) is 12.1. The molecule has 3 rings (SSSR count). The van der Waals surface area contributed by atoms with Gasteiger partial charge in [0.15, 0.2) is 5.75 Å². The summed E-state index contributed by atoms with van der Waals surface area (Å²) in [5, 5.41) is 0.647.